The van der Waals surface area contributed by atoms with Crippen LogP contribution in [-0.4, -0.2) is 33.8 Å². The first-order chi connectivity index (χ1) is 7.98. The number of nitrogens with zero attached hydrogens (tertiary/aromatic N) is 3. The molecule has 1 aliphatic heterocycles. The van der Waals surface area contributed by atoms with Crippen LogP contribution in [0.3, 0.4) is 0 Å². The summed E-state index contributed by atoms with van der Waals surface area (Å²) in [6, 6.07) is 0. The van der Waals surface area contributed by atoms with Crippen LogP contribution in [0.4, 0.5) is 5.82 Å². The number of aliphatic hydroxyl groups is 1. The average Bonchev–Trinajstić information content (AvgIpc) is 2.51. The lowest BCUT2D eigenvalue weighted by Crippen LogP contribution is -2.60. The molecule has 1 aliphatic rings. The molecule has 0 aromatic carbocycles. The lowest BCUT2D eigenvalue weighted by atomic mass is 9.96. The summed E-state index contributed by atoms with van der Waals surface area (Å²) in [7, 11) is 0. The Hall–Kier alpha value is -1.20. The third kappa shape index (κ3) is 1.61. The van der Waals surface area contributed by atoms with Gasteiger partial charge < -0.3 is 10.0 Å². The maximum atomic E-state index is 9.81. The van der Waals surface area contributed by atoms with Gasteiger partial charge >= 0.3 is 0 Å². The molecule has 17 heavy (non-hydrogen) atoms. The molecule has 0 radical (unpaired) electrons. The summed E-state index contributed by atoms with van der Waals surface area (Å²) in [6.07, 6.45) is 1.61. The van der Waals surface area contributed by atoms with Gasteiger partial charge in [-0.1, -0.05) is 0 Å². The third-order valence-corrected chi connectivity index (χ3v) is 4.42. The quantitative estimate of drug-likeness (QED) is 0.838. The monoisotopic (exact) mass is 249 g/mol. The highest BCUT2D eigenvalue weighted by molar-refractivity contribution is 7.18. The van der Waals surface area contributed by atoms with Gasteiger partial charge in [-0.3, -0.25) is 0 Å². The van der Waals surface area contributed by atoms with Crippen molar-refractivity contribution in [3.63, 3.8) is 0 Å². The molecule has 0 aliphatic carbocycles. The first kappa shape index (κ1) is 10.9. The normalized spacial score (nSPS) is 18.5. The zero-order valence-electron chi connectivity index (χ0n) is 10.2. The minimum absolute atomic E-state index is 0.573. The second-order valence-electron chi connectivity index (χ2n) is 5.01. The molecule has 1 N–H and O–H groups in total. The van der Waals surface area contributed by atoms with E-state index in [-0.39, 0.29) is 0 Å². The first-order valence-corrected chi connectivity index (χ1v) is 6.48. The first-order valence-electron chi connectivity index (χ1n) is 5.66. The summed E-state index contributed by atoms with van der Waals surface area (Å²) >= 11 is 1.70. The van der Waals surface area contributed by atoms with E-state index in [9.17, 15) is 5.11 Å². The fourth-order valence-corrected chi connectivity index (χ4v) is 3.32. The van der Waals surface area contributed by atoms with Crippen molar-refractivity contribution >= 4 is 27.4 Å². The number of thiophene rings is 1. The summed E-state index contributed by atoms with van der Waals surface area (Å²) in [5.41, 5.74) is 0.683. The third-order valence-electron chi connectivity index (χ3n) is 3.31. The molecule has 0 spiro atoms. The lowest BCUT2D eigenvalue weighted by molar-refractivity contribution is 0.0307. The molecule has 0 bridgehead atoms. The van der Waals surface area contributed by atoms with Crippen LogP contribution in [0.15, 0.2) is 6.33 Å². The van der Waals surface area contributed by atoms with Crippen LogP contribution in [0.5, 0.6) is 0 Å². The Morgan fingerprint density at radius 2 is 2.06 bits per heavy atom. The highest BCUT2D eigenvalue weighted by Crippen LogP contribution is 2.37. The zero-order valence-corrected chi connectivity index (χ0v) is 11.0. The molecule has 2 aromatic heterocycles. The van der Waals surface area contributed by atoms with Crippen LogP contribution >= 0.6 is 11.3 Å². The van der Waals surface area contributed by atoms with Crippen molar-refractivity contribution in [2.75, 3.05) is 18.0 Å². The SMILES string of the molecule is Cc1sc2ncnc(N3CC(C)(O)C3)c2c1C. The van der Waals surface area contributed by atoms with Gasteiger partial charge in [0.05, 0.1) is 11.0 Å². The van der Waals surface area contributed by atoms with Crippen LogP contribution in [0.2, 0.25) is 0 Å². The molecule has 0 unspecified atom stereocenters. The van der Waals surface area contributed by atoms with Gasteiger partial charge in [-0.2, -0.15) is 0 Å². The van der Waals surface area contributed by atoms with Crippen molar-refractivity contribution in [3.05, 3.63) is 16.8 Å². The van der Waals surface area contributed by atoms with Crippen molar-refractivity contribution in [1.82, 2.24) is 9.97 Å². The molecule has 3 heterocycles. The van der Waals surface area contributed by atoms with E-state index in [1.807, 2.05) is 6.92 Å². The van der Waals surface area contributed by atoms with Crippen LogP contribution in [-0.2, 0) is 0 Å². The van der Waals surface area contributed by atoms with E-state index in [2.05, 4.69) is 28.7 Å². The Morgan fingerprint density at radius 3 is 2.71 bits per heavy atom. The van der Waals surface area contributed by atoms with Crippen LogP contribution in [0, 0.1) is 13.8 Å². The van der Waals surface area contributed by atoms with Gasteiger partial charge in [0.2, 0.25) is 0 Å². The molecule has 0 atom stereocenters. The molecule has 3 rings (SSSR count). The van der Waals surface area contributed by atoms with Gasteiger partial charge in [-0.05, 0) is 26.3 Å². The van der Waals surface area contributed by atoms with E-state index in [0.29, 0.717) is 13.1 Å². The molecule has 1 saturated heterocycles. The minimum atomic E-state index is -0.573. The minimum Gasteiger partial charge on any atom is -0.386 e. The number of rotatable bonds is 1. The van der Waals surface area contributed by atoms with E-state index in [4.69, 9.17) is 0 Å². The smallest absolute Gasteiger partial charge is 0.141 e. The predicted molar refractivity (Wildman–Crippen MR) is 69.7 cm³/mol. The lowest BCUT2D eigenvalue weighted by Gasteiger charge is -2.45. The molecule has 5 heteroatoms. The zero-order chi connectivity index (χ0) is 12.2. The second kappa shape index (κ2) is 3.40. The Balaban J connectivity index is 2.11. The molecular formula is C12H15N3OS. The molecular weight excluding hydrogens is 234 g/mol. The number of aromatic nitrogens is 2. The van der Waals surface area contributed by atoms with Gasteiger partial charge in [0.1, 0.15) is 17.0 Å². The van der Waals surface area contributed by atoms with Crippen molar-refractivity contribution in [3.8, 4) is 0 Å². The number of aryl methyl sites for hydroxylation is 2. The number of anilines is 1. The number of fused-ring (bicyclic) bond motifs is 1. The molecule has 4 nitrogen and oxygen atoms in total. The summed E-state index contributed by atoms with van der Waals surface area (Å²) < 4.78 is 0. The number of hydrogen-bond acceptors (Lipinski definition) is 5. The van der Waals surface area contributed by atoms with Crippen molar-refractivity contribution in [1.29, 1.82) is 0 Å². The Bertz CT molecular complexity index is 583. The van der Waals surface area contributed by atoms with E-state index in [1.165, 1.54) is 10.4 Å². The molecule has 0 amide bonds. The average molecular weight is 249 g/mol. The summed E-state index contributed by atoms with van der Waals surface area (Å²) in [4.78, 5) is 13.1. The Labute approximate surface area is 104 Å². The van der Waals surface area contributed by atoms with E-state index in [0.717, 1.165) is 16.0 Å². The summed E-state index contributed by atoms with van der Waals surface area (Å²) in [5, 5.41) is 11.0. The van der Waals surface area contributed by atoms with Crippen molar-refractivity contribution in [2.24, 2.45) is 0 Å². The molecule has 1 fully saturated rings. The van der Waals surface area contributed by atoms with Crippen LogP contribution in [0.1, 0.15) is 17.4 Å². The maximum Gasteiger partial charge on any atom is 0.141 e. The highest BCUT2D eigenvalue weighted by Gasteiger charge is 2.38. The van der Waals surface area contributed by atoms with Gasteiger partial charge in [0, 0.05) is 18.0 Å². The van der Waals surface area contributed by atoms with Gasteiger partial charge in [0.15, 0.2) is 0 Å². The standard InChI is InChI=1S/C12H15N3OS/c1-7-8(2)17-11-9(7)10(13-6-14-11)15-4-12(3,16)5-15/h6,16H,4-5H2,1-3H3. The van der Waals surface area contributed by atoms with E-state index < -0.39 is 5.60 Å². The summed E-state index contributed by atoms with van der Waals surface area (Å²) in [6.45, 7) is 7.37. The van der Waals surface area contributed by atoms with E-state index in [1.54, 1.807) is 17.7 Å². The topological polar surface area (TPSA) is 49.2 Å². The summed E-state index contributed by atoms with van der Waals surface area (Å²) in [5.74, 6) is 0.961. The number of β-amino-alcohol motifs (C(OH)–C–C–N with tert-alkyl or cyclic N) is 1. The van der Waals surface area contributed by atoms with Crippen molar-refractivity contribution in [2.45, 2.75) is 26.4 Å². The maximum absolute atomic E-state index is 9.81. The van der Waals surface area contributed by atoms with Gasteiger partial charge in [-0.15, -0.1) is 11.3 Å². The van der Waals surface area contributed by atoms with E-state index >= 15 is 0 Å². The molecule has 90 valence electrons. The second-order valence-corrected chi connectivity index (χ2v) is 6.22. The van der Waals surface area contributed by atoms with Gasteiger partial charge in [-0.25, -0.2) is 9.97 Å². The fourth-order valence-electron chi connectivity index (χ4n) is 2.33. The van der Waals surface area contributed by atoms with Gasteiger partial charge in [0.25, 0.3) is 0 Å². The predicted octanol–water partition coefficient (Wildman–Crippen LogP) is 1.88. The molecule has 2 aromatic rings. The highest BCUT2D eigenvalue weighted by atomic mass is 32.1. The largest absolute Gasteiger partial charge is 0.386 e. The van der Waals surface area contributed by atoms with Crippen molar-refractivity contribution < 1.29 is 5.11 Å². The van der Waals surface area contributed by atoms with Crippen LogP contribution in [0.25, 0.3) is 10.2 Å². The number of hydrogen-bond donors (Lipinski definition) is 1. The Kier molecular flexibility index (Phi) is 2.18. The fraction of sp³-hybridized carbons (Fsp3) is 0.500. The Morgan fingerprint density at radius 1 is 1.35 bits per heavy atom. The van der Waals surface area contributed by atoms with Crippen LogP contribution < -0.4 is 4.90 Å². The molecule has 0 saturated carbocycles.